The molecule has 0 saturated carbocycles. The van der Waals surface area contributed by atoms with Gasteiger partial charge >= 0.3 is 6.18 Å². The number of nitrogens with zero attached hydrogens (tertiary/aromatic N) is 6. The molecule has 10 nitrogen and oxygen atoms in total. The Hall–Kier alpha value is -3.26. The summed E-state index contributed by atoms with van der Waals surface area (Å²) in [7, 11) is -2.44. The fourth-order valence-electron chi connectivity index (χ4n) is 4.36. The topological polar surface area (TPSA) is 110 Å². The van der Waals surface area contributed by atoms with E-state index < -0.39 is 27.3 Å². The van der Waals surface area contributed by atoms with Gasteiger partial charge in [0.15, 0.2) is 21.5 Å². The van der Waals surface area contributed by atoms with Crippen LogP contribution in [0, 0.1) is 0 Å². The number of anilines is 1. The number of hydrogen-bond donors (Lipinski definition) is 0. The van der Waals surface area contributed by atoms with Gasteiger partial charge in [-0.15, -0.1) is 0 Å². The second-order valence-electron chi connectivity index (χ2n) is 8.23. The van der Waals surface area contributed by atoms with E-state index in [1.807, 2.05) is 6.92 Å². The molecule has 1 amide bonds. The molecule has 4 rings (SSSR count). The summed E-state index contributed by atoms with van der Waals surface area (Å²) >= 11 is 0. The molecule has 1 saturated heterocycles. The van der Waals surface area contributed by atoms with Crippen molar-refractivity contribution in [1.82, 2.24) is 24.1 Å². The largest absolute Gasteiger partial charge is 0.431 e. The third-order valence-corrected chi connectivity index (χ3v) is 7.96. The molecule has 4 heterocycles. The highest BCUT2D eigenvalue weighted by atomic mass is 32.2. The maximum Gasteiger partial charge on any atom is 0.431 e. The van der Waals surface area contributed by atoms with Gasteiger partial charge in [0.1, 0.15) is 16.9 Å². The van der Waals surface area contributed by atoms with Crippen molar-refractivity contribution in [3.63, 3.8) is 0 Å². The molecule has 14 heteroatoms. The van der Waals surface area contributed by atoms with Crippen LogP contribution >= 0.6 is 0 Å². The maximum atomic E-state index is 13.6. The quantitative estimate of drug-likeness (QED) is 0.486. The molecule has 0 unspecified atom stereocenters. The number of rotatable bonds is 6. The molecule has 0 radical (unpaired) electrons. The number of fused-ring (bicyclic) bond motifs is 1. The second-order valence-corrected chi connectivity index (χ2v) is 10.5. The molecule has 1 aliphatic rings. The lowest BCUT2D eigenvalue weighted by molar-refractivity contribution is -0.144. The molecule has 1 aliphatic heterocycles. The van der Waals surface area contributed by atoms with E-state index in [1.54, 1.807) is 5.01 Å². The van der Waals surface area contributed by atoms with Crippen LogP contribution in [0.1, 0.15) is 32.9 Å². The average Bonchev–Trinajstić information content (AvgIpc) is 3.37. The first kappa shape index (κ1) is 25.8. The van der Waals surface area contributed by atoms with E-state index in [4.69, 9.17) is 0 Å². The van der Waals surface area contributed by atoms with Gasteiger partial charge < -0.3 is 9.13 Å². The third-order valence-electron chi connectivity index (χ3n) is 6.20. The molecular weight excluding hydrogens is 501 g/mol. The number of aromatic nitrogens is 4. The first-order valence-corrected chi connectivity index (χ1v) is 13.0. The number of hydrogen-bond acceptors (Lipinski definition) is 7. The molecule has 0 bridgehead atoms. The highest BCUT2D eigenvalue weighted by Crippen LogP contribution is 2.34. The lowest BCUT2D eigenvalue weighted by Gasteiger charge is -2.26. The van der Waals surface area contributed by atoms with Crippen LogP contribution in [0.25, 0.3) is 22.6 Å². The molecule has 0 spiro atoms. The molecule has 1 fully saturated rings. The van der Waals surface area contributed by atoms with Gasteiger partial charge in [0.25, 0.3) is 5.56 Å². The summed E-state index contributed by atoms with van der Waals surface area (Å²) < 4.78 is 68.6. The summed E-state index contributed by atoms with van der Waals surface area (Å²) in [5.74, 6) is -0.451. The molecule has 0 atom stereocenters. The number of carbonyl (C=O) groups excluding carboxylic acids is 1. The SMILES string of the molecule is CCN1CCC(=O)N1c1ccc(S(=O)(=O)CC)c(-c2nc3cc(C(F)(F)F)n(CC)c(=O)c3n2C)n1. The standard InChI is InChI=1S/C22H25F3N6O4S/c1-5-29-11-10-17(32)31(29)16-9-8-14(36(34,35)7-3)18(27-16)20-26-13-12-15(22(23,24)25)30(6-2)21(33)19(13)28(20)4/h8-9,12H,5-7,10-11H2,1-4H3. The number of aryl methyl sites for hydroxylation is 1. The summed E-state index contributed by atoms with van der Waals surface area (Å²) in [5, 5.41) is 3.09. The predicted molar refractivity (Wildman–Crippen MR) is 126 cm³/mol. The van der Waals surface area contributed by atoms with E-state index >= 15 is 0 Å². The average molecular weight is 527 g/mol. The Kier molecular flexibility index (Phi) is 6.45. The van der Waals surface area contributed by atoms with Crippen LogP contribution in [0.4, 0.5) is 19.0 Å². The minimum atomic E-state index is -4.80. The van der Waals surface area contributed by atoms with Crippen molar-refractivity contribution in [1.29, 1.82) is 0 Å². The summed E-state index contributed by atoms with van der Waals surface area (Å²) in [5.41, 5.74) is -2.59. The van der Waals surface area contributed by atoms with Gasteiger partial charge in [0.2, 0.25) is 5.91 Å². The van der Waals surface area contributed by atoms with Gasteiger partial charge in [-0.1, -0.05) is 13.8 Å². The van der Waals surface area contributed by atoms with Crippen LogP contribution < -0.4 is 10.6 Å². The Morgan fingerprint density at radius 3 is 2.33 bits per heavy atom. The number of pyridine rings is 2. The van der Waals surface area contributed by atoms with Crippen LogP contribution in [0.5, 0.6) is 0 Å². The Morgan fingerprint density at radius 1 is 1.06 bits per heavy atom. The lowest BCUT2D eigenvalue weighted by atomic mass is 10.3. The van der Waals surface area contributed by atoms with E-state index in [9.17, 15) is 31.2 Å². The summed E-state index contributed by atoms with van der Waals surface area (Å²) in [6, 6.07) is 3.48. The first-order valence-electron chi connectivity index (χ1n) is 11.3. The normalized spacial score (nSPS) is 15.4. The van der Waals surface area contributed by atoms with Crippen molar-refractivity contribution in [2.75, 3.05) is 23.9 Å². The fourth-order valence-corrected chi connectivity index (χ4v) is 5.38. The van der Waals surface area contributed by atoms with Crippen LogP contribution in [-0.2, 0) is 34.4 Å². The molecule has 0 N–H and O–H groups in total. The molecule has 3 aromatic heterocycles. The number of sulfone groups is 1. The number of amides is 1. The van der Waals surface area contributed by atoms with E-state index in [0.717, 1.165) is 6.07 Å². The van der Waals surface area contributed by atoms with Gasteiger partial charge in [-0.2, -0.15) is 13.2 Å². The maximum absolute atomic E-state index is 13.6. The van der Waals surface area contributed by atoms with Gasteiger partial charge in [-0.05, 0) is 25.1 Å². The van der Waals surface area contributed by atoms with Gasteiger partial charge in [0.05, 0.1) is 16.2 Å². The second kappa shape index (κ2) is 9.00. The van der Waals surface area contributed by atoms with Crippen molar-refractivity contribution < 1.29 is 26.4 Å². The van der Waals surface area contributed by atoms with E-state index in [0.29, 0.717) is 17.7 Å². The van der Waals surface area contributed by atoms with E-state index in [-0.39, 0.29) is 57.9 Å². The highest BCUT2D eigenvalue weighted by molar-refractivity contribution is 7.91. The van der Waals surface area contributed by atoms with Crippen molar-refractivity contribution >= 4 is 32.6 Å². The number of imidazole rings is 1. The molecule has 194 valence electrons. The van der Waals surface area contributed by atoms with Crippen molar-refractivity contribution in [2.24, 2.45) is 7.05 Å². The summed E-state index contributed by atoms with van der Waals surface area (Å²) in [6.07, 6.45) is -4.54. The lowest BCUT2D eigenvalue weighted by Crippen LogP contribution is -2.39. The Balaban J connectivity index is 2.04. The first-order chi connectivity index (χ1) is 16.8. The number of hydrazine groups is 1. The molecule has 0 aliphatic carbocycles. The van der Waals surface area contributed by atoms with Crippen molar-refractivity contribution in [3.8, 4) is 11.5 Å². The van der Waals surface area contributed by atoms with Gasteiger partial charge in [-0.3, -0.25) is 9.59 Å². The van der Waals surface area contributed by atoms with Crippen LogP contribution in [0.3, 0.4) is 0 Å². The Labute approximate surface area is 204 Å². The monoisotopic (exact) mass is 526 g/mol. The minimum absolute atomic E-state index is 0.104. The fraction of sp³-hybridized carbons (Fsp3) is 0.455. The van der Waals surface area contributed by atoms with Crippen LogP contribution in [-0.4, -0.2) is 57.3 Å². The minimum Gasteiger partial charge on any atom is -0.321 e. The summed E-state index contributed by atoms with van der Waals surface area (Å²) in [6.45, 7) is 5.46. The number of carbonyl (C=O) groups is 1. The van der Waals surface area contributed by atoms with Gasteiger partial charge in [-0.25, -0.2) is 28.4 Å². The number of alkyl halides is 3. The molecular formula is C22H25F3N6O4S. The Bertz CT molecular complexity index is 1530. The van der Waals surface area contributed by atoms with E-state index in [2.05, 4.69) is 9.97 Å². The highest BCUT2D eigenvalue weighted by Gasteiger charge is 2.36. The van der Waals surface area contributed by atoms with Gasteiger partial charge in [0, 0.05) is 33.1 Å². The van der Waals surface area contributed by atoms with Crippen molar-refractivity contribution in [3.05, 3.63) is 34.2 Å². The zero-order valence-corrected chi connectivity index (χ0v) is 20.9. The predicted octanol–water partition coefficient (Wildman–Crippen LogP) is 2.60. The van der Waals surface area contributed by atoms with E-state index in [1.165, 1.54) is 42.6 Å². The van der Waals surface area contributed by atoms with Crippen molar-refractivity contribution in [2.45, 2.75) is 44.8 Å². The molecule has 36 heavy (non-hydrogen) atoms. The smallest absolute Gasteiger partial charge is 0.321 e. The zero-order valence-electron chi connectivity index (χ0n) is 20.1. The molecule has 0 aromatic carbocycles. The third kappa shape index (κ3) is 4.07. The Morgan fingerprint density at radius 2 is 1.75 bits per heavy atom. The van der Waals surface area contributed by atoms with Crippen LogP contribution in [0.2, 0.25) is 0 Å². The zero-order chi connectivity index (χ0) is 26.6. The van der Waals surface area contributed by atoms with Crippen LogP contribution in [0.15, 0.2) is 27.9 Å². The number of halogens is 3. The molecule has 3 aromatic rings. The summed E-state index contributed by atoms with van der Waals surface area (Å²) in [4.78, 5) is 34.1.